The average molecular weight is 212 g/mol. The fourth-order valence-electron chi connectivity index (χ4n) is 1.37. The van der Waals surface area contributed by atoms with Gasteiger partial charge in [0.05, 0.1) is 11.3 Å². The van der Waals surface area contributed by atoms with E-state index in [-0.39, 0.29) is 5.60 Å². The summed E-state index contributed by atoms with van der Waals surface area (Å²) in [7, 11) is 1.72. The van der Waals surface area contributed by atoms with Crippen molar-refractivity contribution < 1.29 is 4.74 Å². The Labute approximate surface area is 90.6 Å². The molecule has 0 aliphatic rings. The summed E-state index contributed by atoms with van der Waals surface area (Å²) in [5, 5.41) is 7.87. The Morgan fingerprint density at radius 3 is 2.67 bits per heavy atom. The van der Waals surface area contributed by atoms with Crippen LogP contribution in [0, 0.1) is 0 Å². The van der Waals surface area contributed by atoms with Crippen molar-refractivity contribution in [3.63, 3.8) is 0 Å². The van der Waals surface area contributed by atoms with Gasteiger partial charge in [-0.2, -0.15) is 0 Å². The number of hydrogen-bond acceptors (Lipinski definition) is 4. The molecule has 0 atom stereocenters. The van der Waals surface area contributed by atoms with Crippen molar-refractivity contribution in [1.82, 2.24) is 15.0 Å². The normalized spacial score (nSPS) is 12.0. The molecule has 0 spiro atoms. The van der Waals surface area contributed by atoms with Crippen LogP contribution >= 0.6 is 0 Å². The number of nitrogen functional groups attached to an aromatic ring is 1. The summed E-state index contributed by atoms with van der Waals surface area (Å²) in [4.78, 5) is 0. The van der Waals surface area contributed by atoms with Gasteiger partial charge in [0.1, 0.15) is 0 Å². The molecule has 15 heavy (non-hydrogen) atoms. The van der Waals surface area contributed by atoms with Crippen LogP contribution in [0.15, 0.2) is 0 Å². The first kappa shape index (κ1) is 12.0. The summed E-state index contributed by atoms with van der Waals surface area (Å²) in [6.45, 7) is 6.94. The topological polar surface area (TPSA) is 66.0 Å². The molecule has 0 amide bonds. The maximum Gasteiger partial charge on any atom is 0.169 e. The van der Waals surface area contributed by atoms with E-state index in [9.17, 15) is 0 Å². The number of rotatable bonds is 5. The summed E-state index contributed by atoms with van der Waals surface area (Å²) < 4.78 is 7.20. The number of aromatic nitrogens is 3. The van der Waals surface area contributed by atoms with Crippen LogP contribution in [-0.2, 0) is 17.7 Å². The molecule has 0 saturated heterocycles. The molecule has 0 unspecified atom stereocenters. The Kier molecular flexibility index (Phi) is 3.68. The molecule has 1 rings (SSSR count). The molecule has 1 heterocycles. The smallest absolute Gasteiger partial charge is 0.169 e. The van der Waals surface area contributed by atoms with Gasteiger partial charge in [-0.25, -0.2) is 4.68 Å². The van der Waals surface area contributed by atoms with E-state index in [4.69, 9.17) is 10.5 Å². The average Bonchev–Trinajstić information content (AvgIpc) is 2.56. The van der Waals surface area contributed by atoms with Gasteiger partial charge >= 0.3 is 0 Å². The number of methoxy groups -OCH3 is 1. The predicted octanol–water partition coefficient (Wildman–Crippen LogP) is 1.24. The van der Waals surface area contributed by atoms with Gasteiger partial charge in [-0.1, -0.05) is 12.1 Å². The third-order valence-electron chi connectivity index (χ3n) is 2.68. The highest BCUT2D eigenvalue weighted by Crippen LogP contribution is 2.16. The highest BCUT2D eigenvalue weighted by atomic mass is 16.5. The monoisotopic (exact) mass is 212 g/mol. The Bertz CT molecular complexity index is 319. The number of anilines is 1. The standard InChI is InChI=1S/C10H20N4O/c1-5-8-9(11)12-13-14(8)7-6-10(2,3)15-4/h5-7,11H2,1-4H3. The van der Waals surface area contributed by atoms with Gasteiger partial charge in [-0.3, -0.25) is 0 Å². The highest BCUT2D eigenvalue weighted by molar-refractivity contribution is 5.32. The third-order valence-corrected chi connectivity index (χ3v) is 2.68. The molecule has 0 fully saturated rings. The van der Waals surface area contributed by atoms with Crippen molar-refractivity contribution in [2.75, 3.05) is 12.8 Å². The van der Waals surface area contributed by atoms with Crippen molar-refractivity contribution in [1.29, 1.82) is 0 Å². The van der Waals surface area contributed by atoms with Crippen molar-refractivity contribution in [3.05, 3.63) is 5.69 Å². The highest BCUT2D eigenvalue weighted by Gasteiger charge is 2.17. The zero-order valence-corrected chi connectivity index (χ0v) is 9.95. The molecule has 1 aromatic rings. The van der Waals surface area contributed by atoms with E-state index >= 15 is 0 Å². The van der Waals surface area contributed by atoms with E-state index in [1.54, 1.807) is 7.11 Å². The molecule has 86 valence electrons. The van der Waals surface area contributed by atoms with Gasteiger partial charge in [0.15, 0.2) is 5.82 Å². The number of nitrogens with two attached hydrogens (primary N) is 1. The lowest BCUT2D eigenvalue weighted by Gasteiger charge is -2.22. The molecular formula is C10H20N4O. The maximum atomic E-state index is 5.70. The summed E-state index contributed by atoms with van der Waals surface area (Å²) in [6, 6.07) is 0. The lowest BCUT2D eigenvalue weighted by Crippen LogP contribution is -2.25. The van der Waals surface area contributed by atoms with Gasteiger partial charge in [0.2, 0.25) is 0 Å². The molecule has 1 aromatic heterocycles. The van der Waals surface area contributed by atoms with E-state index in [2.05, 4.69) is 24.2 Å². The third kappa shape index (κ3) is 2.92. The van der Waals surface area contributed by atoms with Crippen LogP contribution in [0.1, 0.15) is 32.9 Å². The van der Waals surface area contributed by atoms with Crippen LogP contribution in [0.4, 0.5) is 5.82 Å². The van der Waals surface area contributed by atoms with Crippen molar-refractivity contribution in [2.24, 2.45) is 0 Å². The molecule has 2 N–H and O–H groups in total. The Hall–Kier alpha value is -1.10. The summed E-state index contributed by atoms with van der Waals surface area (Å²) in [6.07, 6.45) is 1.74. The minimum absolute atomic E-state index is 0.133. The second-order valence-corrected chi connectivity index (χ2v) is 4.21. The number of nitrogens with zero attached hydrogens (tertiary/aromatic N) is 3. The Morgan fingerprint density at radius 2 is 2.13 bits per heavy atom. The minimum atomic E-state index is -0.133. The van der Waals surface area contributed by atoms with Gasteiger partial charge in [0.25, 0.3) is 0 Å². The summed E-state index contributed by atoms with van der Waals surface area (Å²) in [5.74, 6) is 0.535. The molecule has 5 nitrogen and oxygen atoms in total. The predicted molar refractivity (Wildman–Crippen MR) is 59.5 cm³/mol. The summed E-state index contributed by atoms with van der Waals surface area (Å²) in [5.41, 5.74) is 6.57. The van der Waals surface area contributed by atoms with E-state index in [1.807, 2.05) is 11.6 Å². The maximum absolute atomic E-state index is 5.70. The first-order valence-corrected chi connectivity index (χ1v) is 5.23. The number of ether oxygens (including phenoxy) is 1. The van der Waals surface area contributed by atoms with Gasteiger partial charge in [-0.15, -0.1) is 5.10 Å². The summed E-state index contributed by atoms with van der Waals surface area (Å²) >= 11 is 0. The van der Waals surface area contributed by atoms with Gasteiger partial charge < -0.3 is 10.5 Å². The zero-order chi connectivity index (χ0) is 11.5. The van der Waals surface area contributed by atoms with Crippen LogP contribution in [0.2, 0.25) is 0 Å². The molecule has 0 radical (unpaired) electrons. The van der Waals surface area contributed by atoms with Crippen LogP contribution in [0.3, 0.4) is 0 Å². The van der Waals surface area contributed by atoms with E-state index < -0.39 is 0 Å². The van der Waals surface area contributed by atoms with Crippen LogP contribution in [0.25, 0.3) is 0 Å². The van der Waals surface area contributed by atoms with Crippen LogP contribution in [0.5, 0.6) is 0 Å². The molecule has 5 heteroatoms. The second kappa shape index (κ2) is 4.61. The SMILES string of the molecule is CCc1c(N)nnn1CCC(C)(C)OC. The van der Waals surface area contributed by atoms with Crippen LogP contribution in [-0.4, -0.2) is 27.7 Å². The van der Waals surface area contributed by atoms with Gasteiger partial charge in [-0.05, 0) is 26.7 Å². The van der Waals surface area contributed by atoms with E-state index in [0.29, 0.717) is 5.82 Å². The quantitative estimate of drug-likeness (QED) is 0.797. The molecule has 0 saturated carbocycles. The molecule has 0 aliphatic heterocycles. The van der Waals surface area contributed by atoms with Crippen LogP contribution < -0.4 is 5.73 Å². The van der Waals surface area contributed by atoms with Crippen molar-refractivity contribution in [2.45, 2.75) is 45.8 Å². The number of hydrogen-bond donors (Lipinski definition) is 1. The largest absolute Gasteiger partial charge is 0.381 e. The lowest BCUT2D eigenvalue weighted by molar-refractivity contribution is 0.0110. The zero-order valence-electron chi connectivity index (χ0n) is 9.95. The first-order valence-electron chi connectivity index (χ1n) is 5.23. The van der Waals surface area contributed by atoms with Gasteiger partial charge in [0, 0.05) is 13.7 Å². The molecule has 0 aromatic carbocycles. The second-order valence-electron chi connectivity index (χ2n) is 4.21. The fourth-order valence-corrected chi connectivity index (χ4v) is 1.37. The Balaban J connectivity index is 2.65. The molecule has 0 bridgehead atoms. The minimum Gasteiger partial charge on any atom is -0.381 e. The number of aryl methyl sites for hydroxylation is 1. The fraction of sp³-hybridized carbons (Fsp3) is 0.800. The first-order chi connectivity index (χ1) is 7.00. The Morgan fingerprint density at radius 1 is 1.47 bits per heavy atom. The van der Waals surface area contributed by atoms with E-state index in [1.165, 1.54) is 0 Å². The van der Waals surface area contributed by atoms with Crippen molar-refractivity contribution in [3.8, 4) is 0 Å². The molecule has 0 aliphatic carbocycles. The van der Waals surface area contributed by atoms with Crippen molar-refractivity contribution >= 4 is 5.82 Å². The van der Waals surface area contributed by atoms with E-state index in [0.717, 1.165) is 25.1 Å². The lowest BCUT2D eigenvalue weighted by atomic mass is 10.1. The molecular weight excluding hydrogens is 192 g/mol.